The first-order chi connectivity index (χ1) is 16.7. The summed E-state index contributed by atoms with van der Waals surface area (Å²) in [5, 5.41) is 5.65. The zero-order valence-electron chi connectivity index (χ0n) is 19.9. The van der Waals surface area contributed by atoms with Gasteiger partial charge in [-0.3, -0.25) is 14.4 Å². The molecule has 2 N–H and O–H groups in total. The Hall–Kier alpha value is -3.40. The van der Waals surface area contributed by atoms with E-state index in [2.05, 4.69) is 10.6 Å². The summed E-state index contributed by atoms with van der Waals surface area (Å²) in [6, 6.07) is 13.2. The molecule has 2 aliphatic rings. The fraction of sp³-hybridized carbons (Fsp3) is 0.400. The lowest BCUT2D eigenvalue weighted by Crippen LogP contribution is -2.54. The van der Waals surface area contributed by atoms with E-state index in [0.717, 1.165) is 5.56 Å². The number of carbonyl (C=O) groups excluding carboxylic acids is 3. The molecule has 3 amide bonds. The van der Waals surface area contributed by atoms with E-state index < -0.39 is 15.9 Å². The maximum absolute atomic E-state index is 13.4. The van der Waals surface area contributed by atoms with E-state index in [1.54, 1.807) is 46.2 Å². The molecule has 2 unspecified atom stereocenters. The highest BCUT2D eigenvalue weighted by atomic mass is 32.2. The molecule has 0 aromatic heterocycles. The molecule has 10 heteroatoms. The van der Waals surface area contributed by atoms with Gasteiger partial charge >= 0.3 is 0 Å². The van der Waals surface area contributed by atoms with E-state index in [-0.39, 0.29) is 48.2 Å². The topological polar surface area (TPSA) is 116 Å². The van der Waals surface area contributed by atoms with Gasteiger partial charge in [0.1, 0.15) is 6.04 Å². The molecule has 0 bridgehead atoms. The van der Waals surface area contributed by atoms with Crippen LogP contribution in [0.15, 0.2) is 48.5 Å². The van der Waals surface area contributed by atoms with Crippen molar-refractivity contribution in [3.8, 4) is 0 Å². The van der Waals surface area contributed by atoms with Gasteiger partial charge in [0.25, 0.3) is 0 Å². The van der Waals surface area contributed by atoms with Crippen LogP contribution in [0.1, 0.15) is 25.3 Å². The van der Waals surface area contributed by atoms with Gasteiger partial charge in [0.2, 0.25) is 17.7 Å². The van der Waals surface area contributed by atoms with Gasteiger partial charge in [0.15, 0.2) is 9.84 Å². The van der Waals surface area contributed by atoms with Gasteiger partial charge in [0, 0.05) is 18.3 Å². The number of sulfone groups is 1. The van der Waals surface area contributed by atoms with Crippen molar-refractivity contribution in [1.82, 2.24) is 4.90 Å². The first-order valence-electron chi connectivity index (χ1n) is 11.7. The van der Waals surface area contributed by atoms with E-state index in [1.807, 2.05) is 26.0 Å². The van der Waals surface area contributed by atoms with Crippen molar-refractivity contribution in [2.45, 2.75) is 38.8 Å². The molecule has 0 spiro atoms. The van der Waals surface area contributed by atoms with Gasteiger partial charge < -0.3 is 20.4 Å². The van der Waals surface area contributed by atoms with Crippen molar-refractivity contribution in [3.63, 3.8) is 0 Å². The van der Waals surface area contributed by atoms with E-state index in [0.29, 0.717) is 30.0 Å². The number of amides is 3. The Bertz CT molecular complexity index is 1230. The van der Waals surface area contributed by atoms with Crippen molar-refractivity contribution < 1.29 is 22.8 Å². The quantitative estimate of drug-likeness (QED) is 0.605. The molecule has 2 aromatic carbocycles. The Morgan fingerprint density at radius 1 is 1.14 bits per heavy atom. The highest BCUT2D eigenvalue weighted by molar-refractivity contribution is 7.91. The van der Waals surface area contributed by atoms with E-state index in [4.69, 9.17) is 0 Å². The van der Waals surface area contributed by atoms with Gasteiger partial charge in [-0.15, -0.1) is 0 Å². The first kappa shape index (κ1) is 24.7. The predicted molar refractivity (Wildman–Crippen MR) is 135 cm³/mol. The highest BCUT2D eigenvalue weighted by Crippen LogP contribution is 2.33. The molecule has 1 saturated heterocycles. The number of hydrogen-bond donors (Lipinski definition) is 2. The van der Waals surface area contributed by atoms with E-state index in [9.17, 15) is 22.8 Å². The summed E-state index contributed by atoms with van der Waals surface area (Å²) in [5.74, 6) is -0.977. The molecule has 2 atom stereocenters. The molecular weight excluding hydrogens is 468 g/mol. The van der Waals surface area contributed by atoms with Gasteiger partial charge in [-0.05, 0) is 44.5 Å². The van der Waals surface area contributed by atoms with Crippen LogP contribution in [-0.2, 0) is 24.2 Å². The maximum Gasteiger partial charge on any atom is 0.247 e. The first-order valence-corrected chi connectivity index (χ1v) is 13.5. The minimum Gasteiger partial charge on any atom is -0.348 e. The van der Waals surface area contributed by atoms with Crippen LogP contribution in [0, 0.1) is 6.92 Å². The standard InChI is InChI=1S/C25H30N4O5S/c1-3-28(19-12-13-35(33,34)16-19)24(31)15-29-21-7-5-4-6-20(21)27-25(32)22(29)14-23(30)26-18-10-8-17(2)9-11-18/h4-11,19,22H,3,12-16H2,1-2H3,(H,26,30)(H,27,32). The largest absolute Gasteiger partial charge is 0.348 e. The number of fused-ring (bicyclic) bond motifs is 1. The van der Waals surface area contributed by atoms with Crippen LogP contribution in [0.4, 0.5) is 17.1 Å². The molecule has 2 aliphatic heterocycles. The molecule has 1 fully saturated rings. The fourth-order valence-electron chi connectivity index (χ4n) is 4.67. The van der Waals surface area contributed by atoms with Crippen molar-refractivity contribution in [2.24, 2.45) is 0 Å². The van der Waals surface area contributed by atoms with Crippen molar-refractivity contribution in [1.29, 1.82) is 0 Å². The third-order valence-corrected chi connectivity index (χ3v) is 8.23. The third kappa shape index (κ3) is 5.64. The second kappa shape index (κ2) is 10.1. The van der Waals surface area contributed by atoms with Crippen LogP contribution < -0.4 is 15.5 Å². The van der Waals surface area contributed by atoms with Crippen molar-refractivity contribution >= 4 is 44.6 Å². The Morgan fingerprint density at radius 2 is 1.86 bits per heavy atom. The molecule has 35 heavy (non-hydrogen) atoms. The molecule has 0 radical (unpaired) electrons. The number of nitrogens with zero attached hydrogens (tertiary/aromatic N) is 2. The summed E-state index contributed by atoms with van der Waals surface area (Å²) >= 11 is 0. The lowest BCUT2D eigenvalue weighted by Gasteiger charge is -2.39. The van der Waals surface area contributed by atoms with Crippen LogP contribution in [0.2, 0.25) is 0 Å². The summed E-state index contributed by atoms with van der Waals surface area (Å²) < 4.78 is 24.0. The number of nitrogens with one attached hydrogen (secondary N) is 2. The van der Waals surface area contributed by atoms with Crippen molar-refractivity contribution in [2.75, 3.05) is 40.1 Å². The monoisotopic (exact) mass is 498 g/mol. The summed E-state index contributed by atoms with van der Waals surface area (Å²) in [5.41, 5.74) is 2.89. The summed E-state index contributed by atoms with van der Waals surface area (Å²) in [4.78, 5) is 42.5. The number of likely N-dealkylation sites (N-methyl/N-ethyl adjacent to an activating group) is 1. The summed E-state index contributed by atoms with van der Waals surface area (Å²) in [6.45, 7) is 3.98. The minimum atomic E-state index is -3.16. The average molecular weight is 499 g/mol. The van der Waals surface area contributed by atoms with Crippen LogP contribution in [-0.4, -0.2) is 67.7 Å². The molecule has 2 heterocycles. The van der Waals surface area contributed by atoms with Gasteiger partial charge in [-0.25, -0.2) is 8.42 Å². The normalized spacial score (nSPS) is 20.6. The Labute approximate surface area is 205 Å². The van der Waals surface area contributed by atoms with Crippen molar-refractivity contribution in [3.05, 3.63) is 54.1 Å². The number of para-hydroxylation sites is 2. The lowest BCUT2D eigenvalue weighted by molar-refractivity contribution is -0.131. The molecule has 0 saturated carbocycles. The molecule has 4 rings (SSSR count). The highest BCUT2D eigenvalue weighted by Gasteiger charge is 2.38. The van der Waals surface area contributed by atoms with Crippen LogP contribution >= 0.6 is 0 Å². The zero-order chi connectivity index (χ0) is 25.2. The smallest absolute Gasteiger partial charge is 0.247 e. The third-order valence-electron chi connectivity index (χ3n) is 6.48. The Morgan fingerprint density at radius 3 is 2.51 bits per heavy atom. The molecule has 186 valence electrons. The molecule has 9 nitrogen and oxygen atoms in total. The van der Waals surface area contributed by atoms with Crippen LogP contribution in [0.3, 0.4) is 0 Å². The van der Waals surface area contributed by atoms with E-state index >= 15 is 0 Å². The van der Waals surface area contributed by atoms with Crippen LogP contribution in [0.5, 0.6) is 0 Å². The van der Waals surface area contributed by atoms with Crippen LogP contribution in [0.25, 0.3) is 0 Å². The molecule has 2 aromatic rings. The predicted octanol–water partition coefficient (Wildman–Crippen LogP) is 2.19. The number of rotatable bonds is 7. The second-order valence-electron chi connectivity index (χ2n) is 9.01. The van der Waals surface area contributed by atoms with Gasteiger partial charge in [0.05, 0.1) is 35.8 Å². The average Bonchev–Trinajstić information content (AvgIpc) is 3.17. The summed E-state index contributed by atoms with van der Waals surface area (Å²) in [7, 11) is -3.16. The number of aryl methyl sites for hydroxylation is 1. The number of carbonyl (C=O) groups is 3. The summed E-state index contributed by atoms with van der Waals surface area (Å²) in [6.07, 6.45) is 0.257. The van der Waals surface area contributed by atoms with Gasteiger partial charge in [-0.1, -0.05) is 29.8 Å². The second-order valence-corrected chi connectivity index (χ2v) is 11.2. The fourth-order valence-corrected chi connectivity index (χ4v) is 6.40. The number of anilines is 3. The Balaban J connectivity index is 1.55. The minimum absolute atomic E-state index is 0.0496. The zero-order valence-corrected chi connectivity index (χ0v) is 20.7. The van der Waals surface area contributed by atoms with E-state index in [1.165, 1.54) is 0 Å². The van der Waals surface area contributed by atoms with Gasteiger partial charge in [-0.2, -0.15) is 0 Å². The lowest BCUT2D eigenvalue weighted by atomic mass is 10.0. The number of hydrogen-bond acceptors (Lipinski definition) is 6. The molecular formula is C25H30N4O5S. The number of benzene rings is 2. The molecule has 0 aliphatic carbocycles. The SMILES string of the molecule is CCN(C(=O)CN1c2ccccc2NC(=O)C1CC(=O)Nc1ccc(C)cc1)C1CCS(=O)(=O)C1. The maximum atomic E-state index is 13.4. The Kier molecular flexibility index (Phi) is 7.11.